The molecule has 2 aromatic rings. The maximum absolute atomic E-state index is 12.4. The fourth-order valence-electron chi connectivity index (χ4n) is 2.92. The Bertz CT molecular complexity index is 936. The van der Waals surface area contributed by atoms with Crippen molar-refractivity contribution in [1.82, 2.24) is 9.78 Å². The van der Waals surface area contributed by atoms with Crippen molar-refractivity contribution in [1.29, 1.82) is 0 Å². The molecule has 0 saturated heterocycles. The van der Waals surface area contributed by atoms with Crippen LogP contribution in [0, 0.1) is 13.8 Å². The maximum atomic E-state index is 12.4. The Morgan fingerprint density at radius 1 is 1.32 bits per heavy atom. The number of anilines is 2. The van der Waals surface area contributed by atoms with Crippen LogP contribution in [0.3, 0.4) is 0 Å². The number of carbonyl (C=O) groups is 3. The number of hydrogen-bond acceptors (Lipinski definition) is 6. The van der Waals surface area contributed by atoms with Gasteiger partial charge in [0, 0.05) is 7.05 Å². The quantitative estimate of drug-likeness (QED) is 0.778. The first-order valence-corrected chi connectivity index (χ1v) is 8.80. The number of para-hydroxylation sites is 2. The van der Waals surface area contributed by atoms with E-state index in [1.807, 2.05) is 6.92 Å². The summed E-state index contributed by atoms with van der Waals surface area (Å²) >= 11 is 0. The molecule has 1 unspecified atom stereocenters. The van der Waals surface area contributed by atoms with Gasteiger partial charge in [0.25, 0.3) is 11.8 Å². The van der Waals surface area contributed by atoms with Gasteiger partial charge < -0.3 is 14.8 Å². The molecular formula is C19H22N4O5. The molecule has 1 N–H and O–H groups in total. The SMILES string of the molecule is Cc1nn(C)c(C)c1NC(=O)C(C)OC(=O)CN1C(=O)COc2ccccc21. The van der Waals surface area contributed by atoms with E-state index in [2.05, 4.69) is 10.4 Å². The Morgan fingerprint density at radius 3 is 2.71 bits per heavy atom. The Hall–Kier alpha value is -3.36. The van der Waals surface area contributed by atoms with Crippen molar-refractivity contribution >= 4 is 29.2 Å². The first-order chi connectivity index (χ1) is 13.3. The van der Waals surface area contributed by atoms with E-state index in [0.717, 1.165) is 5.69 Å². The second-order valence-corrected chi connectivity index (χ2v) is 6.53. The van der Waals surface area contributed by atoms with Crippen molar-refractivity contribution < 1.29 is 23.9 Å². The summed E-state index contributed by atoms with van der Waals surface area (Å²) in [5.41, 5.74) is 2.55. The topological polar surface area (TPSA) is 103 Å². The minimum atomic E-state index is -1.03. The second-order valence-electron chi connectivity index (χ2n) is 6.53. The van der Waals surface area contributed by atoms with Crippen LogP contribution in [0.2, 0.25) is 0 Å². The standard InChI is InChI=1S/C19H22N4O5/c1-11-18(12(2)22(4)21-11)20-19(26)13(3)28-17(25)9-23-14-7-5-6-8-15(14)27-10-16(23)24/h5-8,13H,9-10H2,1-4H3,(H,20,26). The zero-order chi connectivity index (χ0) is 20.4. The zero-order valence-corrected chi connectivity index (χ0v) is 16.2. The summed E-state index contributed by atoms with van der Waals surface area (Å²) in [5.74, 6) is -0.994. The molecule has 0 spiro atoms. The lowest BCUT2D eigenvalue weighted by molar-refractivity contribution is -0.152. The summed E-state index contributed by atoms with van der Waals surface area (Å²) in [7, 11) is 1.78. The molecule has 28 heavy (non-hydrogen) atoms. The van der Waals surface area contributed by atoms with Crippen molar-refractivity contribution in [2.75, 3.05) is 23.4 Å². The Morgan fingerprint density at radius 2 is 2.04 bits per heavy atom. The van der Waals surface area contributed by atoms with Gasteiger partial charge in [-0.3, -0.25) is 24.0 Å². The monoisotopic (exact) mass is 386 g/mol. The number of benzene rings is 1. The van der Waals surface area contributed by atoms with Gasteiger partial charge >= 0.3 is 5.97 Å². The number of aryl methyl sites for hydroxylation is 2. The summed E-state index contributed by atoms with van der Waals surface area (Å²) in [4.78, 5) is 38.1. The molecule has 1 aromatic carbocycles. The Kier molecular flexibility index (Phi) is 5.34. The third-order valence-electron chi connectivity index (χ3n) is 4.53. The van der Waals surface area contributed by atoms with E-state index < -0.39 is 18.0 Å². The van der Waals surface area contributed by atoms with Gasteiger partial charge in [-0.1, -0.05) is 12.1 Å². The van der Waals surface area contributed by atoms with Gasteiger partial charge in [-0.2, -0.15) is 5.10 Å². The van der Waals surface area contributed by atoms with Gasteiger partial charge in [-0.25, -0.2) is 0 Å². The smallest absolute Gasteiger partial charge is 0.326 e. The van der Waals surface area contributed by atoms with Crippen LogP contribution in [0.25, 0.3) is 0 Å². The van der Waals surface area contributed by atoms with Gasteiger partial charge in [0.2, 0.25) is 0 Å². The molecule has 1 aliphatic rings. The molecule has 0 fully saturated rings. The van der Waals surface area contributed by atoms with Crippen molar-refractivity contribution in [2.24, 2.45) is 7.05 Å². The molecule has 2 heterocycles. The molecule has 0 saturated carbocycles. The number of nitrogens with zero attached hydrogens (tertiary/aromatic N) is 3. The average Bonchev–Trinajstić information content (AvgIpc) is 2.90. The number of amides is 2. The number of ether oxygens (including phenoxy) is 2. The lowest BCUT2D eigenvalue weighted by atomic mass is 10.2. The summed E-state index contributed by atoms with van der Waals surface area (Å²) in [6.07, 6.45) is -1.03. The molecule has 9 heteroatoms. The van der Waals surface area contributed by atoms with Gasteiger partial charge in [0.1, 0.15) is 12.3 Å². The number of carbonyl (C=O) groups excluding carboxylic acids is 3. The highest BCUT2D eigenvalue weighted by Gasteiger charge is 2.29. The maximum Gasteiger partial charge on any atom is 0.326 e. The van der Waals surface area contributed by atoms with E-state index in [1.165, 1.54) is 11.8 Å². The van der Waals surface area contributed by atoms with Crippen LogP contribution in [-0.2, 0) is 26.2 Å². The van der Waals surface area contributed by atoms with Crippen molar-refractivity contribution in [3.63, 3.8) is 0 Å². The van der Waals surface area contributed by atoms with Gasteiger partial charge in [-0.15, -0.1) is 0 Å². The van der Waals surface area contributed by atoms with E-state index in [1.54, 1.807) is 42.9 Å². The van der Waals surface area contributed by atoms with E-state index >= 15 is 0 Å². The minimum Gasteiger partial charge on any atom is -0.482 e. The molecule has 1 aromatic heterocycles. The largest absolute Gasteiger partial charge is 0.482 e. The fraction of sp³-hybridized carbons (Fsp3) is 0.368. The van der Waals surface area contributed by atoms with Crippen LogP contribution in [0.4, 0.5) is 11.4 Å². The van der Waals surface area contributed by atoms with E-state index in [0.29, 0.717) is 22.8 Å². The van der Waals surface area contributed by atoms with Crippen molar-refractivity contribution in [2.45, 2.75) is 26.9 Å². The van der Waals surface area contributed by atoms with Crippen molar-refractivity contribution in [3.05, 3.63) is 35.7 Å². The molecule has 3 rings (SSSR count). The van der Waals surface area contributed by atoms with Gasteiger partial charge in [0.05, 0.1) is 22.8 Å². The van der Waals surface area contributed by atoms with Crippen LogP contribution in [0.1, 0.15) is 18.3 Å². The molecule has 1 atom stereocenters. The Labute approximate surface area is 162 Å². The van der Waals surface area contributed by atoms with Crippen LogP contribution in [-0.4, -0.2) is 46.8 Å². The van der Waals surface area contributed by atoms with E-state index in [-0.39, 0.29) is 19.1 Å². The van der Waals surface area contributed by atoms with Crippen LogP contribution in [0.5, 0.6) is 5.75 Å². The molecule has 2 amide bonds. The van der Waals surface area contributed by atoms with Crippen molar-refractivity contribution in [3.8, 4) is 5.75 Å². The first kappa shape index (κ1) is 19.4. The molecule has 1 aliphatic heterocycles. The number of rotatable bonds is 5. The normalized spacial score (nSPS) is 14.1. The highest BCUT2D eigenvalue weighted by molar-refractivity contribution is 6.02. The molecule has 9 nitrogen and oxygen atoms in total. The number of aromatic nitrogens is 2. The molecular weight excluding hydrogens is 364 g/mol. The average molecular weight is 386 g/mol. The van der Waals surface area contributed by atoms with Gasteiger partial charge in [-0.05, 0) is 32.9 Å². The summed E-state index contributed by atoms with van der Waals surface area (Å²) in [6.45, 7) is 4.62. The molecule has 0 radical (unpaired) electrons. The predicted molar refractivity (Wildman–Crippen MR) is 101 cm³/mol. The summed E-state index contributed by atoms with van der Waals surface area (Å²) in [6, 6.07) is 6.92. The van der Waals surface area contributed by atoms with Crippen LogP contribution >= 0.6 is 0 Å². The lowest BCUT2D eigenvalue weighted by Crippen LogP contribution is -2.43. The lowest BCUT2D eigenvalue weighted by Gasteiger charge is -2.28. The third-order valence-corrected chi connectivity index (χ3v) is 4.53. The van der Waals surface area contributed by atoms with E-state index in [4.69, 9.17) is 9.47 Å². The molecule has 0 aliphatic carbocycles. The molecule has 0 bridgehead atoms. The number of hydrogen-bond donors (Lipinski definition) is 1. The number of esters is 1. The molecule has 148 valence electrons. The zero-order valence-electron chi connectivity index (χ0n) is 16.2. The number of nitrogens with one attached hydrogen (secondary N) is 1. The third kappa shape index (κ3) is 3.83. The highest BCUT2D eigenvalue weighted by atomic mass is 16.5. The summed E-state index contributed by atoms with van der Waals surface area (Å²) < 4.78 is 12.2. The second kappa shape index (κ2) is 7.71. The highest BCUT2D eigenvalue weighted by Crippen LogP contribution is 2.31. The predicted octanol–water partition coefficient (Wildman–Crippen LogP) is 1.33. The first-order valence-electron chi connectivity index (χ1n) is 8.80. The summed E-state index contributed by atoms with van der Waals surface area (Å²) in [5, 5.41) is 6.96. The van der Waals surface area contributed by atoms with E-state index in [9.17, 15) is 14.4 Å². The van der Waals surface area contributed by atoms with Gasteiger partial charge in [0.15, 0.2) is 12.7 Å². The fourth-order valence-corrected chi connectivity index (χ4v) is 2.92. The Balaban J connectivity index is 1.63. The van der Waals surface area contributed by atoms with Crippen LogP contribution in [0.15, 0.2) is 24.3 Å². The van der Waals surface area contributed by atoms with Crippen LogP contribution < -0.4 is 15.0 Å². The number of fused-ring (bicyclic) bond motifs is 1. The minimum absolute atomic E-state index is 0.153.